The number of hydrogen-bond acceptors (Lipinski definition) is 4. The molecule has 1 fully saturated rings. The Bertz CT molecular complexity index is 284. The average Bonchev–Trinajstić information content (AvgIpc) is 2.27. The van der Waals surface area contributed by atoms with Crippen molar-refractivity contribution in [2.24, 2.45) is 0 Å². The Morgan fingerprint density at radius 3 is 2.25 bits per heavy atom. The highest BCUT2D eigenvalue weighted by Gasteiger charge is 2.23. The lowest BCUT2D eigenvalue weighted by Gasteiger charge is -2.28. The van der Waals surface area contributed by atoms with Crippen molar-refractivity contribution in [2.45, 2.75) is 37.8 Å². The largest absolute Gasteiger partial charge is 0.384 e. The van der Waals surface area contributed by atoms with Crippen molar-refractivity contribution in [3.63, 3.8) is 0 Å². The summed E-state index contributed by atoms with van der Waals surface area (Å²) < 4.78 is 30.7. The van der Waals surface area contributed by atoms with Crippen molar-refractivity contribution in [3.05, 3.63) is 0 Å². The van der Waals surface area contributed by atoms with Gasteiger partial charge in [-0.25, -0.2) is 13.1 Å². The van der Waals surface area contributed by atoms with E-state index in [1.165, 1.54) is 7.11 Å². The summed E-state index contributed by atoms with van der Waals surface area (Å²) in [4.78, 5) is 0. The van der Waals surface area contributed by atoms with Gasteiger partial charge in [-0.05, 0) is 32.7 Å². The summed E-state index contributed by atoms with van der Waals surface area (Å²) in [6.07, 6.45) is 3.90. The van der Waals surface area contributed by atoms with Crippen LogP contribution < -0.4 is 10.0 Å². The van der Waals surface area contributed by atoms with Gasteiger partial charge in [0.05, 0.1) is 12.4 Å². The second kappa shape index (κ2) is 6.54. The van der Waals surface area contributed by atoms with Crippen LogP contribution in [0.3, 0.4) is 0 Å². The third-order valence-corrected chi connectivity index (χ3v) is 4.43. The molecule has 0 aromatic heterocycles. The minimum atomic E-state index is -3.16. The number of methoxy groups -OCH3 is 1. The summed E-state index contributed by atoms with van der Waals surface area (Å²) >= 11 is 0. The Morgan fingerprint density at radius 1 is 1.19 bits per heavy atom. The molecule has 1 rings (SSSR count). The van der Waals surface area contributed by atoms with E-state index >= 15 is 0 Å². The van der Waals surface area contributed by atoms with Crippen molar-refractivity contribution < 1.29 is 13.2 Å². The molecule has 0 atom stereocenters. The second-order valence-electron chi connectivity index (χ2n) is 4.27. The van der Waals surface area contributed by atoms with E-state index < -0.39 is 10.0 Å². The number of rotatable bonds is 6. The molecule has 0 saturated heterocycles. The Balaban J connectivity index is 2.32. The van der Waals surface area contributed by atoms with Crippen molar-refractivity contribution in [1.82, 2.24) is 10.0 Å². The fourth-order valence-corrected chi connectivity index (χ4v) is 3.25. The summed E-state index contributed by atoms with van der Waals surface area (Å²) in [5, 5.41) is 3.22. The highest BCUT2D eigenvalue weighted by Crippen LogP contribution is 2.18. The molecule has 6 heteroatoms. The van der Waals surface area contributed by atoms with Crippen LogP contribution in [0.4, 0.5) is 0 Å². The van der Waals surface area contributed by atoms with Gasteiger partial charge in [0.1, 0.15) is 0 Å². The molecule has 0 bridgehead atoms. The minimum absolute atomic E-state index is 0.0510. The zero-order valence-electron chi connectivity index (χ0n) is 10.0. The van der Waals surface area contributed by atoms with E-state index in [-0.39, 0.29) is 18.4 Å². The minimum Gasteiger partial charge on any atom is -0.384 e. The van der Waals surface area contributed by atoms with E-state index in [2.05, 4.69) is 10.0 Å². The molecular formula is C10H22N2O3S. The van der Waals surface area contributed by atoms with E-state index in [0.717, 1.165) is 25.7 Å². The van der Waals surface area contributed by atoms with Gasteiger partial charge in [-0.1, -0.05) is 0 Å². The van der Waals surface area contributed by atoms with Gasteiger partial charge < -0.3 is 10.1 Å². The summed E-state index contributed by atoms with van der Waals surface area (Å²) in [6, 6.07) is 0.645. The van der Waals surface area contributed by atoms with Crippen molar-refractivity contribution in [1.29, 1.82) is 0 Å². The first-order valence-corrected chi connectivity index (χ1v) is 7.39. The predicted molar refractivity (Wildman–Crippen MR) is 63.9 cm³/mol. The van der Waals surface area contributed by atoms with Gasteiger partial charge in [0.15, 0.2) is 0 Å². The summed E-state index contributed by atoms with van der Waals surface area (Å²) in [7, 11) is 0.297. The van der Waals surface area contributed by atoms with Gasteiger partial charge >= 0.3 is 0 Å². The SMILES string of the molecule is CNC1CCC(NS(=O)(=O)CCOC)CC1. The molecule has 96 valence electrons. The van der Waals surface area contributed by atoms with Crippen molar-refractivity contribution in [2.75, 3.05) is 26.5 Å². The lowest BCUT2D eigenvalue weighted by molar-refractivity contribution is 0.216. The molecule has 1 aliphatic carbocycles. The number of ether oxygens (including phenoxy) is 1. The Kier molecular flexibility index (Phi) is 5.68. The first-order chi connectivity index (χ1) is 7.57. The van der Waals surface area contributed by atoms with Crippen LogP contribution in [0.25, 0.3) is 0 Å². The Morgan fingerprint density at radius 2 is 1.75 bits per heavy atom. The highest BCUT2D eigenvalue weighted by atomic mass is 32.2. The van der Waals surface area contributed by atoms with Crippen LogP contribution in [0.1, 0.15) is 25.7 Å². The number of sulfonamides is 1. The molecule has 0 aromatic carbocycles. The topological polar surface area (TPSA) is 67.4 Å². The van der Waals surface area contributed by atoms with Gasteiger partial charge in [0, 0.05) is 19.2 Å². The zero-order chi connectivity index (χ0) is 12.0. The molecule has 0 heterocycles. The molecule has 0 radical (unpaired) electrons. The third kappa shape index (κ3) is 4.78. The van der Waals surface area contributed by atoms with E-state index in [0.29, 0.717) is 6.04 Å². The molecule has 2 N–H and O–H groups in total. The predicted octanol–water partition coefficient (Wildman–Crippen LogP) is 0.0828. The lowest BCUT2D eigenvalue weighted by atomic mass is 9.92. The monoisotopic (exact) mass is 250 g/mol. The molecule has 0 aromatic rings. The fourth-order valence-electron chi connectivity index (χ4n) is 2.01. The Hall–Kier alpha value is -0.170. The second-order valence-corrected chi connectivity index (χ2v) is 6.14. The molecule has 1 saturated carbocycles. The first-order valence-electron chi connectivity index (χ1n) is 5.73. The first kappa shape index (κ1) is 13.9. The van der Waals surface area contributed by atoms with E-state index in [1.54, 1.807) is 0 Å². The molecule has 1 aliphatic rings. The maximum atomic E-state index is 11.6. The molecule has 5 nitrogen and oxygen atoms in total. The van der Waals surface area contributed by atoms with Crippen LogP contribution >= 0.6 is 0 Å². The molecule has 0 aliphatic heterocycles. The average molecular weight is 250 g/mol. The quantitative estimate of drug-likeness (QED) is 0.701. The maximum Gasteiger partial charge on any atom is 0.214 e. The van der Waals surface area contributed by atoms with E-state index in [1.807, 2.05) is 7.05 Å². The normalized spacial score (nSPS) is 26.9. The van der Waals surface area contributed by atoms with Crippen LogP contribution in [-0.4, -0.2) is 47.0 Å². The van der Waals surface area contributed by atoms with Crippen LogP contribution in [0.15, 0.2) is 0 Å². The lowest BCUT2D eigenvalue weighted by Crippen LogP contribution is -2.42. The fraction of sp³-hybridized carbons (Fsp3) is 1.00. The van der Waals surface area contributed by atoms with Crippen LogP contribution in [0.5, 0.6) is 0 Å². The Labute approximate surface area is 98.0 Å². The smallest absolute Gasteiger partial charge is 0.214 e. The summed E-state index contributed by atoms with van der Waals surface area (Å²) in [5.74, 6) is 0.0510. The van der Waals surface area contributed by atoms with Crippen molar-refractivity contribution in [3.8, 4) is 0 Å². The van der Waals surface area contributed by atoms with Gasteiger partial charge in [0.2, 0.25) is 10.0 Å². The van der Waals surface area contributed by atoms with Crippen LogP contribution in [-0.2, 0) is 14.8 Å². The third-order valence-electron chi connectivity index (χ3n) is 3.04. The van der Waals surface area contributed by atoms with E-state index in [9.17, 15) is 8.42 Å². The van der Waals surface area contributed by atoms with Crippen LogP contribution in [0.2, 0.25) is 0 Å². The standard InChI is InChI=1S/C10H22N2O3S/c1-11-9-3-5-10(6-4-9)12-16(13,14)8-7-15-2/h9-12H,3-8H2,1-2H3. The molecule has 0 amide bonds. The zero-order valence-corrected chi connectivity index (χ0v) is 10.8. The molecule has 0 unspecified atom stereocenters. The van der Waals surface area contributed by atoms with Crippen LogP contribution in [0, 0.1) is 0 Å². The van der Waals surface area contributed by atoms with Crippen molar-refractivity contribution >= 4 is 10.0 Å². The molecule has 0 spiro atoms. The highest BCUT2D eigenvalue weighted by molar-refractivity contribution is 7.89. The van der Waals surface area contributed by atoms with Gasteiger partial charge in [0.25, 0.3) is 0 Å². The number of hydrogen-bond donors (Lipinski definition) is 2. The van der Waals surface area contributed by atoms with E-state index in [4.69, 9.17) is 4.74 Å². The van der Waals surface area contributed by atoms with Gasteiger partial charge in [-0.2, -0.15) is 0 Å². The number of nitrogens with one attached hydrogen (secondary N) is 2. The molecule has 16 heavy (non-hydrogen) atoms. The summed E-state index contributed by atoms with van der Waals surface area (Å²) in [6.45, 7) is 0.251. The van der Waals surface area contributed by atoms with Gasteiger partial charge in [-0.15, -0.1) is 0 Å². The maximum absolute atomic E-state index is 11.6. The summed E-state index contributed by atoms with van der Waals surface area (Å²) in [5.41, 5.74) is 0. The van der Waals surface area contributed by atoms with Gasteiger partial charge in [-0.3, -0.25) is 0 Å². The molecular weight excluding hydrogens is 228 g/mol.